The largest absolute Gasteiger partial charge is 0.493 e. The van der Waals surface area contributed by atoms with Gasteiger partial charge in [-0.2, -0.15) is 0 Å². The Labute approximate surface area is 156 Å². The van der Waals surface area contributed by atoms with E-state index in [9.17, 15) is 8.42 Å². The number of hydrogen-bond donors (Lipinski definition) is 2. The number of furan rings is 1. The van der Waals surface area contributed by atoms with E-state index in [-0.39, 0.29) is 9.79 Å². The molecule has 27 heavy (non-hydrogen) atoms. The van der Waals surface area contributed by atoms with Gasteiger partial charge in [-0.3, -0.25) is 0 Å². The van der Waals surface area contributed by atoms with E-state index in [4.69, 9.17) is 9.15 Å². The molecule has 1 aliphatic heterocycles. The molecule has 0 fully saturated rings. The van der Waals surface area contributed by atoms with Gasteiger partial charge in [0.05, 0.1) is 16.9 Å². The summed E-state index contributed by atoms with van der Waals surface area (Å²) in [7, 11) is -2.17. The van der Waals surface area contributed by atoms with Crippen LogP contribution in [0.1, 0.15) is 11.3 Å². The third-order valence-corrected chi connectivity index (χ3v) is 6.84. The van der Waals surface area contributed by atoms with Crippen molar-refractivity contribution in [2.24, 2.45) is 0 Å². The molecule has 0 aliphatic carbocycles. The van der Waals surface area contributed by atoms with E-state index in [1.54, 1.807) is 36.5 Å². The topological polar surface area (TPSA) is 84.3 Å². The number of aromatic amines is 1. The van der Waals surface area contributed by atoms with Crippen LogP contribution in [-0.2, 0) is 22.8 Å². The molecule has 0 spiro atoms. The monoisotopic (exact) mass is 382 g/mol. The highest BCUT2D eigenvalue weighted by molar-refractivity contribution is 7.91. The van der Waals surface area contributed by atoms with Crippen molar-refractivity contribution in [3.63, 3.8) is 0 Å². The first-order chi connectivity index (χ1) is 13.1. The molecular weight excluding hydrogens is 364 g/mol. The normalized spacial score (nSPS) is 14.6. The predicted molar refractivity (Wildman–Crippen MR) is 102 cm³/mol. The van der Waals surface area contributed by atoms with E-state index in [1.165, 1.54) is 7.11 Å². The van der Waals surface area contributed by atoms with Crippen LogP contribution in [-0.4, -0.2) is 27.1 Å². The molecule has 0 atom stereocenters. The van der Waals surface area contributed by atoms with Gasteiger partial charge in [0.25, 0.3) is 0 Å². The number of benzene rings is 2. The van der Waals surface area contributed by atoms with E-state index in [0.29, 0.717) is 17.9 Å². The Hall–Kier alpha value is -2.77. The van der Waals surface area contributed by atoms with Crippen molar-refractivity contribution in [3.05, 3.63) is 53.9 Å². The highest BCUT2D eigenvalue weighted by Gasteiger charge is 2.25. The van der Waals surface area contributed by atoms with Gasteiger partial charge in [-0.25, -0.2) is 8.42 Å². The van der Waals surface area contributed by atoms with Crippen LogP contribution >= 0.6 is 0 Å². The van der Waals surface area contributed by atoms with Crippen molar-refractivity contribution in [1.29, 1.82) is 0 Å². The van der Waals surface area contributed by atoms with Gasteiger partial charge in [0.2, 0.25) is 9.84 Å². The van der Waals surface area contributed by atoms with Crippen molar-refractivity contribution < 1.29 is 17.6 Å². The number of rotatable bonds is 3. The third-order valence-electron chi connectivity index (χ3n) is 5.11. The molecule has 0 amide bonds. The zero-order valence-corrected chi connectivity index (χ0v) is 15.5. The number of hydrogen-bond acceptors (Lipinski definition) is 5. The number of sulfone groups is 1. The summed E-state index contributed by atoms with van der Waals surface area (Å²) in [6.07, 6.45) is 2.57. The molecule has 7 heteroatoms. The molecule has 0 bridgehead atoms. The molecule has 6 nitrogen and oxygen atoms in total. The van der Waals surface area contributed by atoms with Crippen LogP contribution in [0.3, 0.4) is 0 Å². The second-order valence-corrected chi connectivity index (χ2v) is 8.61. The number of methoxy groups -OCH3 is 1. The fraction of sp³-hybridized carbons (Fsp3) is 0.200. The molecule has 5 rings (SSSR count). The Balaban J connectivity index is 1.73. The van der Waals surface area contributed by atoms with Crippen molar-refractivity contribution >= 4 is 31.7 Å². The first-order valence-electron chi connectivity index (χ1n) is 8.73. The van der Waals surface area contributed by atoms with Crippen LogP contribution in [0, 0.1) is 0 Å². The molecule has 2 aromatic carbocycles. The summed E-state index contributed by atoms with van der Waals surface area (Å²) < 4.78 is 38.0. The average Bonchev–Trinajstić information content (AvgIpc) is 3.30. The van der Waals surface area contributed by atoms with Gasteiger partial charge in [0, 0.05) is 53.6 Å². The van der Waals surface area contributed by atoms with Gasteiger partial charge < -0.3 is 19.5 Å². The minimum Gasteiger partial charge on any atom is -0.493 e. The Kier molecular flexibility index (Phi) is 3.57. The summed E-state index contributed by atoms with van der Waals surface area (Å²) in [5.74, 6) is 1.33. The fourth-order valence-electron chi connectivity index (χ4n) is 3.69. The van der Waals surface area contributed by atoms with Gasteiger partial charge in [-0.15, -0.1) is 0 Å². The molecule has 0 unspecified atom stereocenters. The molecule has 2 aromatic heterocycles. The summed E-state index contributed by atoms with van der Waals surface area (Å²) in [6.45, 7) is 1.50. The zero-order valence-electron chi connectivity index (χ0n) is 14.7. The maximum Gasteiger partial charge on any atom is 0.206 e. The molecule has 4 aromatic rings. The van der Waals surface area contributed by atoms with Crippen molar-refractivity contribution in [2.75, 3.05) is 13.7 Å². The van der Waals surface area contributed by atoms with Gasteiger partial charge in [0.15, 0.2) is 11.3 Å². The molecule has 0 saturated carbocycles. The summed E-state index contributed by atoms with van der Waals surface area (Å²) in [6, 6.07) is 10.2. The zero-order chi connectivity index (χ0) is 18.6. The quantitative estimate of drug-likeness (QED) is 0.567. The lowest BCUT2D eigenvalue weighted by Crippen LogP contribution is -2.22. The number of aromatic nitrogens is 1. The van der Waals surface area contributed by atoms with Crippen LogP contribution in [0.5, 0.6) is 5.75 Å². The minimum absolute atomic E-state index is 0.205. The van der Waals surface area contributed by atoms with Crippen LogP contribution < -0.4 is 10.1 Å². The summed E-state index contributed by atoms with van der Waals surface area (Å²) >= 11 is 0. The lowest BCUT2D eigenvalue weighted by molar-refractivity contribution is 0.404. The van der Waals surface area contributed by atoms with Crippen LogP contribution in [0.25, 0.3) is 21.9 Å². The number of ether oxygens (including phenoxy) is 1. The lowest BCUT2D eigenvalue weighted by Gasteiger charge is -2.11. The molecule has 0 radical (unpaired) electrons. The van der Waals surface area contributed by atoms with Gasteiger partial charge in [-0.05, 0) is 30.3 Å². The molecule has 1 aliphatic rings. The number of H-pyrrole nitrogens is 1. The Morgan fingerprint density at radius 1 is 1.11 bits per heavy atom. The van der Waals surface area contributed by atoms with E-state index >= 15 is 0 Å². The summed E-state index contributed by atoms with van der Waals surface area (Å²) in [5.41, 5.74) is 2.51. The van der Waals surface area contributed by atoms with Crippen LogP contribution in [0.2, 0.25) is 0 Å². The maximum atomic E-state index is 13.3. The Morgan fingerprint density at radius 3 is 2.85 bits per heavy atom. The molecule has 0 saturated heterocycles. The summed E-state index contributed by atoms with van der Waals surface area (Å²) in [4.78, 5) is 3.54. The van der Waals surface area contributed by atoms with Gasteiger partial charge >= 0.3 is 0 Å². The standard InChI is InChI=1S/C20H18N2O4S/c1-25-19-10-14(9-15-16-11-21-6-5-18(16)26-20(15)19)27(23,24)13-2-3-17-12(8-13)4-7-22-17/h2-4,7-10,21-22H,5-6,11H2,1H3. The Morgan fingerprint density at radius 2 is 2.00 bits per heavy atom. The molecule has 3 heterocycles. The van der Waals surface area contributed by atoms with Gasteiger partial charge in [0.1, 0.15) is 5.76 Å². The highest BCUT2D eigenvalue weighted by atomic mass is 32.2. The predicted octanol–water partition coefficient (Wildman–Crippen LogP) is 3.40. The second-order valence-electron chi connectivity index (χ2n) is 6.66. The third kappa shape index (κ3) is 2.46. The van der Waals surface area contributed by atoms with Crippen LogP contribution in [0.4, 0.5) is 0 Å². The summed E-state index contributed by atoms with van der Waals surface area (Å²) in [5, 5.41) is 4.96. The molecular formula is C20H18N2O4S. The van der Waals surface area contributed by atoms with Crippen molar-refractivity contribution in [1.82, 2.24) is 10.3 Å². The number of fused-ring (bicyclic) bond motifs is 4. The fourth-order valence-corrected chi connectivity index (χ4v) is 5.03. The second kappa shape index (κ2) is 5.87. The molecule has 2 N–H and O–H groups in total. The highest BCUT2D eigenvalue weighted by Crippen LogP contribution is 2.38. The first-order valence-corrected chi connectivity index (χ1v) is 10.2. The van der Waals surface area contributed by atoms with Gasteiger partial charge in [-0.1, -0.05) is 0 Å². The first kappa shape index (κ1) is 16.4. The van der Waals surface area contributed by atoms with Crippen molar-refractivity contribution in [3.8, 4) is 5.75 Å². The molecule has 138 valence electrons. The Bertz CT molecular complexity index is 1280. The smallest absolute Gasteiger partial charge is 0.206 e. The van der Waals surface area contributed by atoms with E-state index < -0.39 is 9.84 Å². The SMILES string of the molecule is COc1cc(S(=O)(=O)c2ccc3[nH]ccc3c2)cc2c3c(oc12)CCNC3. The number of nitrogens with one attached hydrogen (secondary N) is 2. The van der Waals surface area contributed by atoms with E-state index in [1.807, 2.05) is 6.07 Å². The van der Waals surface area contributed by atoms with E-state index in [0.717, 1.165) is 40.6 Å². The minimum atomic E-state index is -3.69. The van der Waals surface area contributed by atoms with Crippen molar-refractivity contribution in [2.45, 2.75) is 22.8 Å². The lowest BCUT2D eigenvalue weighted by atomic mass is 10.1. The van der Waals surface area contributed by atoms with E-state index in [2.05, 4.69) is 10.3 Å². The van der Waals surface area contributed by atoms with Crippen LogP contribution in [0.15, 0.2) is 56.8 Å². The maximum absolute atomic E-state index is 13.3. The average molecular weight is 382 g/mol.